The number of nitrogen functional groups attached to an aromatic ring is 1. The zero-order valence-electron chi connectivity index (χ0n) is 9.57. The lowest BCUT2D eigenvalue weighted by Gasteiger charge is -2.04. The average molecular weight is 230 g/mol. The molecule has 0 bridgehead atoms. The van der Waals surface area contributed by atoms with Gasteiger partial charge in [0.05, 0.1) is 17.9 Å². The summed E-state index contributed by atoms with van der Waals surface area (Å²) in [7, 11) is 0. The first kappa shape index (κ1) is 11.4. The van der Waals surface area contributed by atoms with Crippen molar-refractivity contribution in [2.45, 2.75) is 6.92 Å². The second-order valence-electron chi connectivity index (χ2n) is 3.57. The van der Waals surface area contributed by atoms with Crippen molar-refractivity contribution in [1.82, 2.24) is 0 Å². The van der Waals surface area contributed by atoms with Crippen LogP contribution in [0.5, 0.6) is 0 Å². The number of hydrogen-bond acceptors (Lipinski definition) is 4. The highest BCUT2D eigenvalue weighted by Gasteiger charge is 2.17. The zero-order chi connectivity index (χ0) is 12.3. The number of carbonyl (C=O) groups excluding carboxylic acids is 1. The van der Waals surface area contributed by atoms with Gasteiger partial charge in [-0.15, -0.1) is 0 Å². The molecule has 0 unspecified atom stereocenters. The molecule has 4 heteroatoms. The molecule has 0 heterocycles. The molecular formula is C13H14N2O2. The van der Waals surface area contributed by atoms with Crippen LogP contribution in [-0.4, -0.2) is 12.6 Å². The van der Waals surface area contributed by atoms with Crippen molar-refractivity contribution in [1.29, 1.82) is 0 Å². The van der Waals surface area contributed by atoms with Crippen LogP contribution in [0, 0.1) is 0 Å². The lowest BCUT2D eigenvalue weighted by atomic mass is 10.1. The fraction of sp³-hybridized carbons (Fsp3) is 0.154. The van der Waals surface area contributed by atoms with Gasteiger partial charge in [0.2, 0.25) is 0 Å². The number of esters is 1. The third-order valence-corrected chi connectivity index (χ3v) is 2.57. The molecule has 0 saturated heterocycles. The summed E-state index contributed by atoms with van der Waals surface area (Å²) in [5.41, 5.74) is 5.70. The maximum Gasteiger partial charge on any atom is 0.338 e. The van der Waals surface area contributed by atoms with Crippen molar-refractivity contribution in [3.8, 4) is 11.1 Å². The number of anilines is 1. The highest BCUT2D eigenvalue weighted by molar-refractivity contribution is 6.01. The molecule has 0 aromatic rings. The van der Waals surface area contributed by atoms with Crippen LogP contribution in [0.4, 0.5) is 5.69 Å². The third kappa shape index (κ3) is 2.07. The molecule has 2 rings (SSSR count). The van der Waals surface area contributed by atoms with E-state index >= 15 is 0 Å². The van der Waals surface area contributed by atoms with Gasteiger partial charge in [-0.25, -0.2) is 4.79 Å². The van der Waals surface area contributed by atoms with Gasteiger partial charge in [0.1, 0.15) is 0 Å². The number of hydrogen-bond donors (Lipinski definition) is 2. The molecule has 0 fully saturated rings. The Morgan fingerprint density at radius 2 is 2.00 bits per heavy atom. The zero-order valence-corrected chi connectivity index (χ0v) is 9.57. The van der Waals surface area contributed by atoms with Crippen molar-refractivity contribution in [3.05, 3.63) is 42.0 Å². The summed E-state index contributed by atoms with van der Waals surface area (Å²) in [6.07, 6.45) is 0. The molecule has 2 aliphatic carbocycles. The van der Waals surface area contributed by atoms with Gasteiger partial charge in [-0.1, -0.05) is 24.3 Å². The Morgan fingerprint density at radius 1 is 1.24 bits per heavy atom. The number of nitrogens with two attached hydrogens (primary N) is 1. The normalized spacial score (nSPS) is 10.2. The summed E-state index contributed by atoms with van der Waals surface area (Å²) < 4.78 is 5.01. The number of carbonyl (C=O) groups is 1. The number of ether oxygens (including phenoxy) is 1. The summed E-state index contributed by atoms with van der Waals surface area (Å²) in [6, 6.07) is 11.1. The number of nitrogens with one attached hydrogen (secondary N) is 1. The lowest BCUT2D eigenvalue weighted by molar-refractivity contribution is 0.0528. The van der Waals surface area contributed by atoms with Crippen molar-refractivity contribution in [2.24, 2.45) is 5.84 Å². The Morgan fingerprint density at radius 3 is 2.71 bits per heavy atom. The maximum atomic E-state index is 11.7. The van der Waals surface area contributed by atoms with E-state index in [0.29, 0.717) is 12.2 Å². The predicted molar refractivity (Wildman–Crippen MR) is 66.8 cm³/mol. The molecule has 4 nitrogen and oxygen atoms in total. The Kier molecular flexibility index (Phi) is 3.25. The summed E-state index contributed by atoms with van der Waals surface area (Å²) in [4.78, 5) is 11.7. The third-order valence-electron chi connectivity index (χ3n) is 2.57. The van der Waals surface area contributed by atoms with E-state index in [4.69, 9.17) is 10.6 Å². The van der Waals surface area contributed by atoms with E-state index in [0.717, 1.165) is 16.8 Å². The average Bonchev–Trinajstić information content (AvgIpc) is 2.63. The van der Waals surface area contributed by atoms with Crippen LogP contribution < -0.4 is 11.3 Å². The maximum absolute atomic E-state index is 11.7. The fourth-order valence-electron chi connectivity index (χ4n) is 1.81. The van der Waals surface area contributed by atoms with Crippen LogP contribution in [-0.2, 0) is 4.74 Å². The topological polar surface area (TPSA) is 64.3 Å². The summed E-state index contributed by atoms with van der Waals surface area (Å²) in [6.45, 7) is 2.16. The Balaban J connectivity index is 2.51. The fourth-order valence-corrected chi connectivity index (χ4v) is 1.81. The standard InChI is InChI=1S/C13H14N2O2/c1-2-17-13(16)11-8-7-10-9(11)5-3-4-6-12(10)15-14/h3-8,15H,2,14H2,1H3. The first-order valence-electron chi connectivity index (χ1n) is 5.43. The molecule has 0 spiro atoms. The molecule has 0 amide bonds. The minimum absolute atomic E-state index is 0.309. The molecular weight excluding hydrogens is 216 g/mol. The second kappa shape index (κ2) is 4.84. The van der Waals surface area contributed by atoms with Gasteiger partial charge < -0.3 is 10.2 Å². The molecule has 88 valence electrons. The molecule has 0 radical (unpaired) electrons. The number of rotatable bonds is 3. The highest BCUT2D eigenvalue weighted by Crippen LogP contribution is 2.33. The minimum Gasteiger partial charge on any atom is -0.462 e. The SMILES string of the molecule is CCOC(=O)c1ccc2c(NN)ccccc1-2. The van der Waals surface area contributed by atoms with Gasteiger partial charge in [0, 0.05) is 5.56 Å². The Labute approximate surface area is 99.7 Å². The highest BCUT2D eigenvalue weighted by atomic mass is 16.5. The van der Waals surface area contributed by atoms with E-state index in [1.165, 1.54) is 0 Å². The smallest absolute Gasteiger partial charge is 0.338 e. The quantitative estimate of drug-likeness (QED) is 0.482. The van der Waals surface area contributed by atoms with Crippen molar-refractivity contribution in [2.75, 3.05) is 12.0 Å². The Bertz CT molecular complexity index is 511. The molecule has 0 atom stereocenters. The molecule has 17 heavy (non-hydrogen) atoms. The molecule has 0 aromatic heterocycles. The monoisotopic (exact) mass is 230 g/mol. The van der Waals surface area contributed by atoms with Gasteiger partial charge in [0.25, 0.3) is 0 Å². The van der Waals surface area contributed by atoms with Crippen molar-refractivity contribution >= 4 is 11.7 Å². The van der Waals surface area contributed by atoms with Gasteiger partial charge in [-0.3, -0.25) is 5.84 Å². The number of fused-ring (bicyclic) bond motifs is 1. The van der Waals surface area contributed by atoms with E-state index in [1.54, 1.807) is 13.0 Å². The summed E-state index contributed by atoms with van der Waals surface area (Å²) >= 11 is 0. The molecule has 2 aliphatic rings. The van der Waals surface area contributed by atoms with E-state index in [9.17, 15) is 4.79 Å². The largest absolute Gasteiger partial charge is 0.462 e. The molecule has 3 N–H and O–H groups in total. The lowest BCUT2D eigenvalue weighted by Crippen LogP contribution is -2.07. The van der Waals surface area contributed by atoms with E-state index in [1.807, 2.05) is 30.3 Å². The van der Waals surface area contributed by atoms with E-state index in [-0.39, 0.29) is 5.97 Å². The molecule has 0 aromatic carbocycles. The van der Waals surface area contributed by atoms with Gasteiger partial charge in [-0.05, 0) is 24.6 Å². The first-order valence-corrected chi connectivity index (χ1v) is 5.43. The van der Waals surface area contributed by atoms with Gasteiger partial charge in [-0.2, -0.15) is 0 Å². The van der Waals surface area contributed by atoms with Gasteiger partial charge >= 0.3 is 5.97 Å². The molecule has 0 aliphatic heterocycles. The van der Waals surface area contributed by atoms with Crippen LogP contribution in [0.15, 0.2) is 36.4 Å². The second-order valence-corrected chi connectivity index (χ2v) is 3.57. The van der Waals surface area contributed by atoms with Crippen LogP contribution in [0.25, 0.3) is 11.1 Å². The predicted octanol–water partition coefficient (Wildman–Crippen LogP) is 2.25. The summed E-state index contributed by atoms with van der Waals surface area (Å²) in [5.74, 6) is 5.14. The van der Waals surface area contributed by atoms with E-state index < -0.39 is 0 Å². The van der Waals surface area contributed by atoms with Crippen LogP contribution in [0.3, 0.4) is 0 Å². The first-order chi connectivity index (χ1) is 8.27. The van der Waals surface area contributed by atoms with E-state index in [2.05, 4.69) is 5.43 Å². The molecule has 0 saturated carbocycles. The summed E-state index contributed by atoms with van der Waals surface area (Å²) in [5, 5.41) is 0. The van der Waals surface area contributed by atoms with Crippen LogP contribution in [0.2, 0.25) is 0 Å². The van der Waals surface area contributed by atoms with Gasteiger partial charge in [0.15, 0.2) is 0 Å². The van der Waals surface area contributed by atoms with Crippen LogP contribution in [0.1, 0.15) is 17.3 Å². The van der Waals surface area contributed by atoms with Crippen LogP contribution >= 0.6 is 0 Å². The van der Waals surface area contributed by atoms with Crippen molar-refractivity contribution < 1.29 is 9.53 Å². The number of hydrazine groups is 1. The minimum atomic E-state index is -0.309. The Hall–Kier alpha value is -2.07. The van der Waals surface area contributed by atoms with Crippen molar-refractivity contribution in [3.63, 3.8) is 0 Å².